The summed E-state index contributed by atoms with van der Waals surface area (Å²) in [7, 11) is 0. The monoisotopic (exact) mass is 353 g/mol. The normalized spacial score (nSPS) is 25.5. The first kappa shape index (κ1) is 14.8. The van der Waals surface area contributed by atoms with Crippen molar-refractivity contribution in [2.45, 2.75) is 32.1 Å². The van der Waals surface area contributed by atoms with Gasteiger partial charge in [-0.1, -0.05) is 19.3 Å². The maximum atomic E-state index is 14.6. The molecule has 1 aromatic rings. The van der Waals surface area contributed by atoms with Crippen LogP contribution in [0.1, 0.15) is 37.7 Å². The first-order chi connectivity index (χ1) is 10.1. The predicted octanol–water partition coefficient (Wildman–Crippen LogP) is 3.89. The Bertz CT molecular complexity index is 561. The van der Waals surface area contributed by atoms with Crippen molar-refractivity contribution in [1.82, 2.24) is 0 Å². The number of benzene rings is 1. The van der Waals surface area contributed by atoms with Crippen LogP contribution in [0.3, 0.4) is 0 Å². The molecule has 1 heterocycles. The first-order valence-electron chi connectivity index (χ1n) is 7.65. The van der Waals surface area contributed by atoms with Gasteiger partial charge in [0.2, 0.25) is 0 Å². The number of nitrogens with zero attached hydrogens (tertiary/aromatic N) is 1. The van der Waals surface area contributed by atoms with Gasteiger partial charge in [0.15, 0.2) is 5.82 Å². The van der Waals surface area contributed by atoms with Crippen molar-refractivity contribution in [2.75, 3.05) is 18.0 Å². The van der Waals surface area contributed by atoms with Gasteiger partial charge in [-0.25, -0.2) is 4.39 Å². The third kappa shape index (κ3) is 2.80. The van der Waals surface area contributed by atoms with E-state index in [1.54, 1.807) is 12.1 Å². The Hall–Kier alpha value is -1.10. The van der Waals surface area contributed by atoms with Crippen molar-refractivity contribution in [1.29, 1.82) is 5.41 Å². The number of fused-ring (bicyclic) bond motifs is 1. The van der Waals surface area contributed by atoms with Gasteiger partial charge in [0.25, 0.3) is 0 Å². The van der Waals surface area contributed by atoms with Crippen molar-refractivity contribution in [2.24, 2.45) is 17.6 Å². The van der Waals surface area contributed by atoms with E-state index in [0.29, 0.717) is 21.6 Å². The van der Waals surface area contributed by atoms with Gasteiger partial charge in [0.1, 0.15) is 5.84 Å². The number of rotatable bonds is 2. The van der Waals surface area contributed by atoms with Crippen LogP contribution in [0.5, 0.6) is 0 Å². The standard InChI is InChI=1S/C16H21BrFN3/c17-14-12(16(19)20)5-6-13(15(14)18)21-8-7-10-3-1-2-4-11(10)9-21/h5-6,10-11H,1-4,7-9H2,(H3,19,20). The molecule has 2 unspecified atom stereocenters. The number of nitrogens with one attached hydrogen (secondary N) is 1. The second-order valence-electron chi connectivity index (χ2n) is 6.21. The van der Waals surface area contributed by atoms with Crippen LogP contribution in [0, 0.1) is 23.1 Å². The van der Waals surface area contributed by atoms with Crippen LogP contribution in [-0.2, 0) is 0 Å². The fourth-order valence-electron chi connectivity index (χ4n) is 3.81. The van der Waals surface area contributed by atoms with Crippen LogP contribution in [-0.4, -0.2) is 18.9 Å². The second-order valence-corrected chi connectivity index (χ2v) is 7.01. The van der Waals surface area contributed by atoms with Crippen LogP contribution in [0.25, 0.3) is 0 Å². The molecule has 21 heavy (non-hydrogen) atoms. The molecule has 0 spiro atoms. The number of halogens is 2. The number of hydrogen-bond donors (Lipinski definition) is 2. The number of nitrogen functional groups attached to an aromatic ring is 1. The van der Waals surface area contributed by atoms with Gasteiger partial charge >= 0.3 is 0 Å². The van der Waals surface area contributed by atoms with Gasteiger partial charge in [-0.15, -0.1) is 0 Å². The molecule has 1 saturated heterocycles. The summed E-state index contributed by atoms with van der Waals surface area (Å²) in [5.41, 5.74) is 6.53. The van der Waals surface area contributed by atoms with Crippen molar-refractivity contribution in [3.05, 3.63) is 28.0 Å². The van der Waals surface area contributed by atoms with Crippen molar-refractivity contribution in [3.63, 3.8) is 0 Å². The summed E-state index contributed by atoms with van der Waals surface area (Å²) in [5, 5.41) is 7.48. The molecule has 0 radical (unpaired) electrons. The van der Waals surface area contributed by atoms with Gasteiger partial charge in [-0.3, -0.25) is 5.41 Å². The molecule has 3 rings (SSSR count). The summed E-state index contributed by atoms with van der Waals surface area (Å²) < 4.78 is 14.9. The molecular formula is C16H21BrFN3. The Morgan fingerprint density at radius 2 is 1.95 bits per heavy atom. The topological polar surface area (TPSA) is 53.1 Å². The molecule has 0 aromatic heterocycles. The van der Waals surface area contributed by atoms with Gasteiger partial charge in [0.05, 0.1) is 10.2 Å². The molecular weight excluding hydrogens is 333 g/mol. The van der Waals surface area contributed by atoms with E-state index in [2.05, 4.69) is 20.8 Å². The number of amidine groups is 1. The average Bonchev–Trinajstić information content (AvgIpc) is 2.49. The van der Waals surface area contributed by atoms with Crippen molar-refractivity contribution < 1.29 is 4.39 Å². The number of hydrogen-bond acceptors (Lipinski definition) is 2. The summed E-state index contributed by atoms with van der Waals surface area (Å²) in [4.78, 5) is 2.16. The Morgan fingerprint density at radius 3 is 2.67 bits per heavy atom. The Kier molecular flexibility index (Phi) is 4.20. The van der Waals surface area contributed by atoms with Gasteiger partial charge in [-0.05, 0) is 52.7 Å². The zero-order chi connectivity index (χ0) is 15.0. The lowest BCUT2D eigenvalue weighted by molar-refractivity contribution is 0.202. The highest BCUT2D eigenvalue weighted by Gasteiger charge is 2.32. The lowest BCUT2D eigenvalue weighted by Crippen LogP contribution is -2.42. The second kappa shape index (κ2) is 5.95. The van der Waals surface area contributed by atoms with E-state index >= 15 is 0 Å². The molecule has 1 aromatic carbocycles. The summed E-state index contributed by atoms with van der Waals surface area (Å²) in [6, 6.07) is 3.50. The fourth-order valence-corrected chi connectivity index (χ4v) is 4.36. The van der Waals surface area contributed by atoms with Gasteiger partial charge < -0.3 is 10.6 Å². The SMILES string of the molecule is N=C(N)c1ccc(N2CCC3CCCCC3C2)c(F)c1Br. The van der Waals surface area contributed by atoms with E-state index in [0.717, 1.165) is 25.4 Å². The third-order valence-electron chi connectivity index (χ3n) is 4.98. The van der Waals surface area contributed by atoms with E-state index in [9.17, 15) is 4.39 Å². The fraction of sp³-hybridized carbons (Fsp3) is 0.562. The van der Waals surface area contributed by atoms with Gasteiger partial charge in [-0.2, -0.15) is 0 Å². The van der Waals surface area contributed by atoms with E-state index in [1.807, 2.05) is 0 Å². The quantitative estimate of drug-likeness (QED) is 0.625. The zero-order valence-corrected chi connectivity index (χ0v) is 13.6. The van der Waals surface area contributed by atoms with E-state index in [-0.39, 0.29) is 11.7 Å². The maximum Gasteiger partial charge on any atom is 0.161 e. The molecule has 1 aliphatic carbocycles. The van der Waals surface area contributed by atoms with Crippen LogP contribution >= 0.6 is 15.9 Å². The smallest absolute Gasteiger partial charge is 0.161 e. The van der Waals surface area contributed by atoms with Crippen molar-refractivity contribution in [3.8, 4) is 0 Å². The highest BCUT2D eigenvalue weighted by atomic mass is 79.9. The molecule has 2 aliphatic rings. The Labute approximate surface area is 133 Å². The van der Waals surface area contributed by atoms with E-state index < -0.39 is 0 Å². The lowest BCUT2D eigenvalue weighted by atomic mass is 9.75. The van der Waals surface area contributed by atoms with Crippen LogP contribution in [0.4, 0.5) is 10.1 Å². The summed E-state index contributed by atoms with van der Waals surface area (Å²) in [5.74, 6) is 1.13. The zero-order valence-electron chi connectivity index (χ0n) is 12.0. The largest absolute Gasteiger partial charge is 0.384 e. The van der Waals surface area contributed by atoms with E-state index in [1.165, 1.54) is 25.7 Å². The van der Waals surface area contributed by atoms with Gasteiger partial charge in [0, 0.05) is 18.7 Å². The maximum absolute atomic E-state index is 14.6. The van der Waals surface area contributed by atoms with Crippen molar-refractivity contribution >= 4 is 27.5 Å². The number of anilines is 1. The molecule has 0 amide bonds. The number of piperidine rings is 1. The molecule has 5 heteroatoms. The molecule has 0 bridgehead atoms. The van der Waals surface area contributed by atoms with Crippen LogP contribution < -0.4 is 10.6 Å². The third-order valence-corrected chi connectivity index (χ3v) is 5.76. The molecule has 2 atom stereocenters. The van der Waals surface area contributed by atoms with Crippen LogP contribution in [0.15, 0.2) is 16.6 Å². The minimum atomic E-state index is -0.294. The molecule has 2 fully saturated rings. The highest BCUT2D eigenvalue weighted by Crippen LogP contribution is 2.39. The Balaban J connectivity index is 1.84. The Morgan fingerprint density at radius 1 is 1.24 bits per heavy atom. The first-order valence-corrected chi connectivity index (χ1v) is 8.44. The molecule has 3 nitrogen and oxygen atoms in total. The predicted molar refractivity (Wildman–Crippen MR) is 87.4 cm³/mol. The lowest BCUT2D eigenvalue weighted by Gasteiger charge is -2.42. The summed E-state index contributed by atoms with van der Waals surface area (Å²) >= 11 is 3.24. The minimum Gasteiger partial charge on any atom is -0.384 e. The summed E-state index contributed by atoms with van der Waals surface area (Å²) in [6.07, 6.45) is 6.44. The molecule has 3 N–H and O–H groups in total. The van der Waals surface area contributed by atoms with Crippen LogP contribution in [0.2, 0.25) is 0 Å². The number of nitrogens with two attached hydrogens (primary N) is 1. The molecule has 1 aliphatic heterocycles. The summed E-state index contributed by atoms with van der Waals surface area (Å²) in [6.45, 7) is 1.87. The molecule has 1 saturated carbocycles. The minimum absolute atomic E-state index is 0.113. The molecule has 114 valence electrons. The van der Waals surface area contributed by atoms with E-state index in [4.69, 9.17) is 11.1 Å². The average molecular weight is 354 g/mol. The highest BCUT2D eigenvalue weighted by molar-refractivity contribution is 9.10.